The molecule has 0 N–H and O–H groups in total. The summed E-state index contributed by atoms with van der Waals surface area (Å²) >= 11 is 19.2. The molecule has 0 aliphatic carbocycles. The van der Waals surface area contributed by atoms with Crippen molar-refractivity contribution in [1.29, 1.82) is 5.26 Å². The summed E-state index contributed by atoms with van der Waals surface area (Å²) in [5, 5.41) is 7.54. The molecule has 0 aliphatic heterocycles. The zero-order chi connectivity index (χ0) is 7.49. The molecule has 0 spiro atoms. The van der Waals surface area contributed by atoms with Gasteiger partial charge >= 0.3 is 0 Å². The van der Waals surface area contributed by atoms with Gasteiger partial charge in [-0.05, 0) is 15.9 Å². The minimum atomic E-state index is -1.07. The maximum atomic E-state index is 8.18. The van der Waals surface area contributed by atoms with Crippen molar-refractivity contribution in [2.75, 3.05) is 0 Å². The standard InChI is InChI=1S/C4H3BrCl3N/c5-4(7,8)1-3(6)2-9/h3H,1H2. The molecule has 0 fully saturated rings. The zero-order valence-corrected chi connectivity index (χ0v) is 8.10. The quantitative estimate of drug-likeness (QED) is 0.692. The van der Waals surface area contributed by atoms with Gasteiger partial charge in [0.05, 0.1) is 6.07 Å². The summed E-state index contributed by atoms with van der Waals surface area (Å²) in [6.07, 6.45) is 0.203. The first kappa shape index (κ1) is 9.84. The summed E-state index contributed by atoms with van der Waals surface area (Å²) in [5.74, 6) is 0. The number of hydrogen-bond donors (Lipinski definition) is 0. The third-order valence-electron chi connectivity index (χ3n) is 0.551. The molecule has 0 heterocycles. The van der Waals surface area contributed by atoms with E-state index in [-0.39, 0.29) is 6.42 Å². The van der Waals surface area contributed by atoms with Gasteiger partial charge in [-0.15, -0.1) is 11.6 Å². The Balaban J connectivity index is 3.63. The fraction of sp³-hybridized carbons (Fsp3) is 0.750. The number of alkyl halides is 4. The first-order valence-corrected chi connectivity index (χ1v) is 4.04. The molecule has 0 radical (unpaired) electrons. The second-order valence-corrected chi connectivity index (χ2v) is 5.69. The highest BCUT2D eigenvalue weighted by Crippen LogP contribution is 2.34. The maximum absolute atomic E-state index is 8.18. The molecular weight excluding hydrogens is 248 g/mol. The van der Waals surface area contributed by atoms with Crippen LogP contribution >= 0.6 is 50.7 Å². The SMILES string of the molecule is N#CC(Cl)CC(Cl)(Cl)Br. The summed E-state index contributed by atoms with van der Waals surface area (Å²) in [6, 6.07) is 1.79. The molecule has 0 amide bonds. The minimum absolute atomic E-state index is 0.203. The van der Waals surface area contributed by atoms with Gasteiger partial charge in [-0.2, -0.15) is 5.26 Å². The molecule has 1 atom stereocenters. The Morgan fingerprint density at radius 1 is 1.67 bits per heavy atom. The van der Waals surface area contributed by atoms with Crippen LogP contribution in [0.15, 0.2) is 0 Å². The summed E-state index contributed by atoms with van der Waals surface area (Å²) in [6.45, 7) is 0. The van der Waals surface area contributed by atoms with Crippen molar-refractivity contribution in [2.24, 2.45) is 0 Å². The normalized spacial score (nSPS) is 14.6. The Bertz CT molecular complexity index is 125. The number of rotatable bonds is 2. The van der Waals surface area contributed by atoms with E-state index in [0.717, 1.165) is 0 Å². The summed E-state index contributed by atoms with van der Waals surface area (Å²) in [4.78, 5) is 0. The van der Waals surface area contributed by atoms with E-state index in [1.807, 2.05) is 0 Å². The molecule has 0 saturated heterocycles. The van der Waals surface area contributed by atoms with Crippen molar-refractivity contribution in [2.45, 2.75) is 15.0 Å². The fourth-order valence-corrected chi connectivity index (χ4v) is 1.46. The first-order valence-electron chi connectivity index (χ1n) is 2.06. The number of nitrogens with zero attached hydrogens (tertiary/aromatic N) is 1. The van der Waals surface area contributed by atoms with Gasteiger partial charge in [-0.25, -0.2) is 0 Å². The van der Waals surface area contributed by atoms with Crippen LogP contribution in [0.2, 0.25) is 0 Å². The van der Waals surface area contributed by atoms with E-state index in [4.69, 9.17) is 40.1 Å². The molecule has 0 aromatic carbocycles. The Morgan fingerprint density at radius 2 is 2.11 bits per heavy atom. The maximum Gasteiger partial charge on any atom is 0.174 e. The molecule has 1 unspecified atom stereocenters. The van der Waals surface area contributed by atoms with E-state index in [9.17, 15) is 0 Å². The highest BCUT2D eigenvalue weighted by molar-refractivity contribution is 9.11. The summed E-state index contributed by atoms with van der Waals surface area (Å²) in [7, 11) is 0. The zero-order valence-electron chi connectivity index (χ0n) is 4.24. The number of halogens is 4. The second-order valence-electron chi connectivity index (χ2n) is 1.42. The minimum Gasteiger partial charge on any atom is -0.197 e. The molecule has 0 rings (SSSR count). The van der Waals surface area contributed by atoms with E-state index in [1.54, 1.807) is 6.07 Å². The van der Waals surface area contributed by atoms with Crippen LogP contribution < -0.4 is 0 Å². The van der Waals surface area contributed by atoms with Crippen LogP contribution in [0.5, 0.6) is 0 Å². The predicted molar refractivity (Wildman–Crippen MR) is 43.2 cm³/mol. The summed E-state index contributed by atoms with van der Waals surface area (Å²) in [5.41, 5.74) is 0. The topological polar surface area (TPSA) is 23.8 Å². The van der Waals surface area contributed by atoms with E-state index in [2.05, 4.69) is 15.9 Å². The van der Waals surface area contributed by atoms with E-state index in [1.165, 1.54) is 0 Å². The Labute approximate surface area is 77.0 Å². The molecule has 0 aromatic heterocycles. The lowest BCUT2D eigenvalue weighted by atomic mass is 10.4. The van der Waals surface area contributed by atoms with Crippen molar-refractivity contribution in [3.8, 4) is 6.07 Å². The van der Waals surface area contributed by atoms with Crippen LogP contribution in [0.25, 0.3) is 0 Å². The van der Waals surface area contributed by atoms with Crippen LogP contribution in [0, 0.1) is 11.3 Å². The molecule has 52 valence electrons. The van der Waals surface area contributed by atoms with Gasteiger partial charge in [0.25, 0.3) is 0 Å². The Morgan fingerprint density at radius 3 is 2.22 bits per heavy atom. The van der Waals surface area contributed by atoms with Gasteiger partial charge in [-0.3, -0.25) is 0 Å². The summed E-state index contributed by atoms with van der Waals surface area (Å²) < 4.78 is -1.07. The number of hydrogen-bond acceptors (Lipinski definition) is 1. The lowest BCUT2D eigenvalue weighted by Crippen LogP contribution is -2.08. The van der Waals surface area contributed by atoms with Gasteiger partial charge in [0.2, 0.25) is 0 Å². The lowest BCUT2D eigenvalue weighted by molar-refractivity contribution is 0.913. The van der Waals surface area contributed by atoms with E-state index >= 15 is 0 Å². The van der Waals surface area contributed by atoms with Gasteiger partial charge in [0.15, 0.2) is 3.24 Å². The van der Waals surface area contributed by atoms with Gasteiger partial charge in [0.1, 0.15) is 5.38 Å². The van der Waals surface area contributed by atoms with E-state index in [0.29, 0.717) is 0 Å². The highest BCUT2D eigenvalue weighted by atomic mass is 79.9. The molecule has 9 heavy (non-hydrogen) atoms. The van der Waals surface area contributed by atoms with Crippen LogP contribution in [0.3, 0.4) is 0 Å². The molecule has 0 bridgehead atoms. The van der Waals surface area contributed by atoms with Crippen LogP contribution in [-0.4, -0.2) is 8.62 Å². The van der Waals surface area contributed by atoms with E-state index < -0.39 is 8.62 Å². The molecule has 0 saturated carbocycles. The molecule has 0 aromatic rings. The van der Waals surface area contributed by atoms with Crippen molar-refractivity contribution in [3.63, 3.8) is 0 Å². The monoisotopic (exact) mass is 249 g/mol. The smallest absolute Gasteiger partial charge is 0.174 e. The molecule has 5 heteroatoms. The Hall–Kier alpha value is 0.840. The third kappa shape index (κ3) is 6.73. The third-order valence-corrected chi connectivity index (χ3v) is 1.43. The van der Waals surface area contributed by atoms with Gasteiger partial charge < -0.3 is 0 Å². The molecule has 1 nitrogen and oxygen atoms in total. The largest absolute Gasteiger partial charge is 0.197 e. The van der Waals surface area contributed by atoms with Crippen LogP contribution in [0.4, 0.5) is 0 Å². The fourth-order valence-electron chi connectivity index (χ4n) is 0.249. The van der Waals surface area contributed by atoms with Gasteiger partial charge in [0, 0.05) is 6.42 Å². The van der Waals surface area contributed by atoms with Crippen molar-refractivity contribution in [3.05, 3.63) is 0 Å². The highest BCUT2D eigenvalue weighted by Gasteiger charge is 2.23. The van der Waals surface area contributed by atoms with Crippen molar-refractivity contribution in [1.82, 2.24) is 0 Å². The Kier molecular flexibility index (Phi) is 4.24. The molecule has 0 aliphatic rings. The van der Waals surface area contributed by atoms with Crippen LogP contribution in [0.1, 0.15) is 6.42 Å². The average molecular weight is 251 g/mol. The van der Waals surface area contributed by atoms with Crippen molar-refractivity contribution < 1.29 is 0 Å². The predicted octanol–water partition coefficient (Wildman–Crippen LogP) is 3.03. The number of nitriles is 1. The van der Waals surface area contributed by atoms with Crippen molar-refractivity contribution >= 4 is 50.7 Å². The second kappa shape index (κ2) is 3.88. The average Bonchev–Trinajstić information content (AvgIpc) is 1.62. The molecular formula is C4H3BrCl3N. The van der Waals surface area contributed by atoms with Gasteiger partial charge in [-0.1, -0.05) is 23.2 Å². The first-order chi connectivity index (χ1) is 3.95. The van der Waals surface area contributed by atoms with Crippen LogP contribution in [-0.2, 0) is 0 Å². The lowest BCUT2D eigenvalue weighted by Gasteiger charge is -2.09.